The van der Waals surface area contributed by atoms with Crippen molar-refractivity contribution in [2.24, 2.45) is 0 Å². The first-order chi connectivity index (χ1) is 11.9. The van der Waals surface area contributed by atoms with Crippen molar-refractivity contribution >= 4 is 11.9 Å². The Morgan fingerprint density at radius 1 is 1.20 bits per heavy atom. The molecule has 0 saturated carbocycles. The second-order valence-corrected chi connectivity index (χ2v) is 6.17. The number of aromatic nitrogens is 1. The third kappa shape index (κ3) is 4.68. The van der Waals surface area contributed by atoms with E-state index in [1.807, 2.05) is 44.2 Å². The lowest BCUT2D eigenvalue weighted by Crippen LogP contribution is -2.49. The molecule has 1 aromatic heterocycles. The summed E-state index contributed by atoms with van der Waals surface area (Å²) in [5.41, 5.74) is 0.676. The van der Waals surface area contributed by atoms with E-state index in [4.69, 9.17) is 9.52 Å². The number of carbonyl (C=O) groups excluding carboxylic acids is 1. The lowest BCUT2D eigenvalue weighted by Gasteiger charge is -2.31. The number of aliphatic carboxylic acids is 1. The van der Waals surface area contributed by atoms with E-state index in [1.54, 1.807) is 6.92 Å². The van der Waals surface area contributed by atoms with Crippen molar-refractivity contribution in [1.82, 2.24) is 10.3 Å². The van der Waals surface area contributed by atoms with Crippen LogP contribution in [0.1, 0.15) is 44.6 Å². The maximum atomic E-state index is 12.4. The summed E-state index contributed by atoms with van der Waals surface area (Å²) in [6, 6.07) is 9.47. The molecule has 0 saturated heterocycles. The lowest BCUT2D eigenvalue weighted by molar-refractivity contribution is -0.139. The van der Waals surface area contributed by atoms with Crippen LogP contribution in [-0.2, 0) is 16.0 Å². The van der Waals surface area contributed by atoms with Crippen molar-refractivity contribution in [2.45, 2.75) is 52.0 Å². The number of carboxylic acids is 1. The van der Waals surface area contributed by atoms with Gasteiger partial charge in [-0.25, -0.2) is 4.98 Å². The highest BCUT2D eigenvalue weighted by Crippen LogP contribution is 2.23. The van der Waals surface area contributed by atoms with Gasteiger partial charge in [0.1, 0.15) is 5.76 Å². The van der Waals surface area contributed by atoms with E-state index in [-0.39, 0.29) is 18.7 Å². The van der Waals surface area contributed by atoms with E-state index in [9.17, 15) is 9.59 Å². The number of nitrogens with zero attached hydrogens (tertiary/aromatic N) is 1. The van der Waals surface area contributed by atoms with Gasteiger partial charge in [0.25, 0.3) is 0 Å². The quantitative estimate of drug-likeness (QED) is 0.766. The van der Waals surface area contributed by atoms with Crippen LogP contribution in [0.4, 0.5) is 0 Å². The molecule has 1 amide bonds. The molecule has 6 nitrogen and oxygen atoms in total. The first-order valence-electron chi connectivity index (χ1n) is 8.43. The zero-order chi connectivity index (χ0) is 18.4. The highest BCUT2D eigenvalue weighted by atomic mass is 16.4. The fourth-order valence-corrected chi connectivity index (χ4v) is 2.80. The molecule has 0 bridgehead atoms. The van der Waals surface area contributed by atoms with Gasteiger partial charge in [-0.05, 0) is 31.9 Å². The molecule has 2 rings (SSSR count). The Kier molecular flexibility index (Phi) is 5.96. The van der Waals surface area contributed by atoms with Gasteiger partial charge in [0.2, 0.25) is 11.8 Å². The number of benzene rings is 1. The average molecular weight is 344 g/mol. The van der Waals surface area contributed by atoms with Crippen molar-refractivity contribution in [3.05, 3.63) is 41.8 Å². The maximum Gasteiger partial charge on any atom is 0.305 e. The molecule has 0 unspecified atom stereocenters. The number of nitrogens with one attached hydrogen (secondary N) is 1. The minimum Gasteiger partial charge on any atom is -0.481 e. The number of hydrogen-bond donors (Lipinski definition) is 2. The van der Waals surface area contributed by atoms with Crippen LogP contribution in [0.15, 0.2) is 34.7 Å². The van der Waals surface area contributed by atoms with Crippen LogP contribution in [0.5, 0.6) is 0 Å². The Morgan fingerprint density at radius 2 is 1.84 bits per heavy atom. The van der Waals surface area contributed by atoms with Crippen LogP contribution in [-0.4, -0.2) is 27.5 Å². The summed E-state index contributed by atoms with van der Waals surface area (Å²) >= 11 is 0. The Bertz CT molecular complexity index is 733. The Balaban J connectivity index is 2.12. The van der Waals surface area contributed by atoms with E-state index < -0.39 is 11.5 Å². The first-order valence-corrected chi connectivity index (χ1v) is 8.43. The van der Waals surface area contributed by atoms with Crippen molar-refractivity contribution in [3.8, 4) is 11.5 Å². The number of hydrogen-bond acceptors (Lipinski definition) is 4. The zero-order valence-electron chi connectivity index (χ0n) is 14.8. The Labute approximate surface area is 147 Å². The van der Waals surface area contributed by atoms with Gasteiger partial charge >= 0.3 is 5.97 Å². The SMILES string of the molecule is CCC(CC)(CC(=O)O)NC(=O)Cc1nc(-c2ccccc2)oc1C. The number of rotatable bonds is 8. The Morgan fingerprint density at radius 3 is 2.40 bits per heavy atom. The number of oxazole rings is 1. The summed E-state index contributed by atoms with van der Waals surface area (Å²) in [6.45, 7) is 5.52. The molecule has 1 heterocycles. The molecule has 2 N–H and O–H groups in total. The smallest absolute Gasteiger partial charge is 0.305 e. The van der Waals surface area contributed by atoms with Crippen LogP contribution in [0.2, 0.25) is 0 Å². The molecule has 0 fully saturated rings. The van der Waals surface area contributed by atoms with Gasteiger partial charge in [0.15, 0.2) is 0 Å². The summed E-state index contributed by atoms with van der Waals surface area (Å²) in [5, 5.41) is 12.0. The highest BCUT2D eigenvalue weighted by molar-refractivity contribution is 5.80. The summed E-state index contributed by atoms with van der Waals surface area (Å²) in [4.78, 5) is 28.0. The lowest BCUT2D eigenvalue weighted by atomic mass is 9.88. The molecule has 0 aliphatic carbocycles. The van der Waals surface area contributed by atoms with Crippen molar-refractivity contribution in [2.75, 3.05) is 0 Å². The van der Waals surface area contributed by atoms with Gasteiger partial charge in [-0.1, -0.05) is 32.0 Å². The van der Waals surface area contributed by atoms with Gasteiger partial charge < -0.3 is 14.8 Å². The second-order valence-electron chi connectivity index (χ2n) is 6.17. The first kappa shape index (κ1) is 18.7. The second kappa shape index (κ2) is 7.96. The molecule has 6 heteroatoms. The fourth-order valence-electron chi connectivity index (χ4n) is 2.80. The molecule has 1 aromatic carbocycles. The molecule has 25 heavy (non-hydrogen) atoms. The molecular formula is C19H24N2O4. The summed E-state index contributed by atoms with van der Waals surface area (Å²) < 4.78 is 5.66. The van der Waals surface area contributed by atoms with Crippen molar-refractivity contribution < 1.29 is 19.1 Å². The maximum absolute atomic E-state index is 12.4. The molecular weight excluding hydrogens is 320 g/mol. The van der Waals surface area contributed by atoms with Gasteiger partial charge in [-0.2, -0.15) is 0 Å². The monoisotopic (exact) mass is 344 g/mol. The summed E-state index contributed by atoms with van der Waals surface area (Å²) in [5.74, 6) is -0.108. The number of carboxylic acid groups (broad SMARTS) is 1. The summed E-state index contributed by atoms with van der Waals surface area (Å²) in [6.07, 6.45) is 1.06. The predicted molar refractivity (Wildman–Crippen MR) is 94.1 cm³/mol. The van der Waals surface area contributed by atoms with E-state index in [1.165, 1.54) is 0 Å². The largest absolute Gasteiger partial charge is 0.481 e. The van der Waals surface area contributed by atoms with E-state index in [0.29, 0.717) is 30.2 Å². The number of carbonyl (C=O) groups is 2. The van der Waals surface area contributed by atoms with E-state index in [2.05, 4.69) is 10.3 Å². The molecule has 0 spiro atoms. The van der Waals surface area contributed by atoms with Crippen LogP contribution in [0.25, 0.3) is 11.5 Å². The van der Waals surface area contributed by atoms with Crippen LogP contribution in [0, 0.1) is 6.92 Å². The average Bonchev–Trinajstić information content (AvgIpc) is 2.95. The van der Waals surface area contributed by atoms with Crippen LogP contribution in [0.3, 0.4) is 0 Å². The normalized spacial score (nSPS) is 11.3. The van der Waals surface area contributed by atoms with Gasteiger partial charge in [-0.3, -0.25) is 9.59 Å². The topological polar surface area (TPSA) is 92.4 Å². The number of aryl methyl sites for hydroxylation is 1. The molecule has 0 aliphatic rings. The van der Waals surface area contributed by atoms with Crippen LogP contribution >= 0.6 is 0 Å². The third-order valence-electron chi connectivity index (χ3n) is 4.49. The van der Waals surface area contributed by atoms with Crippen molar-refractivity contribution in [1.29, 1.82) is 0 Å². The molecule has 134 valence electrons. The van der Waals surface area contributed by atoms with E-state index in [0.717, 1.165) is 5.56 Å². The minimum atomic E-state index is -0.923. The van der Waals surface area contributed by atoms with E-state index >= 15 is 0 Å². The van der Waals surface area contributed by atoms with Gasteiger partial charge in [-0.15, -0.1) is 0 Å². The van der Waals surface area contributed by atoms with Gasteiger partial charge in [0, 0.05) is 11.1 Å². The molecule has 0 radical (unpaired) electrons. The number of amides is 1. The zero-order valence-corrected chi connectivity index (χ0v) is 14.8. The third-order valence-corrected chi connectivity index (χ3v) is 4.49. The standard InChI is InChI=1S/C19H24N2O4/c1-4-19(5-2,12-17(23)24)21-16(22)11-15-13(3)25-18(20-15)14-9-7-6-8-10-14/h6-10H,4-5,11-12H2,1-3H3,(H,21,22)(H,23,24). The summed E-state index contributed by atoms with van der Waals surface area (Å²) in [7, 11) is 0. The fraction of sp³-hybridized carbons (Fsp3) is 0.421. The highest BCUT2D eigenvalue weighted by Gasteiger charge is 2.31. The molecule has 2 aromatic rings. The van der Waals surface area contributed by atoms with Crippen molar-refractivity contribution in [3.63, 3.8) is 0 Å². The van der Waals surface area contributed by atoms with Crippen LogP contribution < -0.4 is 5.32 Å². The van der Waals surface area contributed by atoms with Gasteiger partial charge in [0.05, 0.1) is 18.5 Å². The predicted octanol–water partition coefficient (Wildman–Crippen LogP) is 3.34. The minimum absolute atomic E-state index is 0.0591. The Hall–Kier alpha value is -2.63. The molecule has 0 atom stereocenters. The molecule has 0 aliphatic heterocycles.